The first-order chi connectivity index (χ1) is 15.8. The number of esters is 1. The van der Waals surface area contributed by atoms with E-state index < -0.39 is 6.10 Å². The molecule has 7 atom stereocenters. The topological polar surface area (TPSA) is 68.2 Å². The van der Waals surface area contributed by atoms with Crippen molar-refractivity contribution in [3.8, 4) is 11.5 Å². The van der Waals surface area contributed by atoms with Gasteiger partial charge in [-0.2, -0.15) is 0 Å². The molecule has 0 amide bonds. The van der Waals surface area contributed by atoms with Crippen LogP contribution < -0.4 is 9.47 Å². The molecule has 1 aromatic carbocycles. The number of ether oxygens (including phenoxy) is 3. The second-order valence-electron chi connectivity index (χ2n) is 10.8. The van der Waals surface area contributed by atoms with Gasteiger partial charge < -0.3 is 19.3 Å². The van der Waals surface area contributed by atoms with Crippen LogP contribution in [-0.2, 0) is 22.5 Å². The summed E-state index contributed by atoms with van der Waals surface area (Å²) < 4.78 is 16.9. The van der Waals surface area contributed by atoms with E-state index in [-0.39, 0.29) is 35.4 Å². The van der Waals surface area contributed by atoms with Crippen LogP contribution in [0.25, 0.3) is 0 Å². The third-order valence-electron chi connectivity index (χ3n) is 9.22. The van der Waals surface area contributed by atoms with Gasteiger partial charge in [0.15, 0.2) is 11.5 Å². The van der Waals surface area contributed by atoms with Gasteiger partial charge in [-0.15, -0.1) is 0 Å². The molecule has 1 saturated heterocycles. The molecule has 0 bridgehead atoms. The van der Waals surface area contributed by atoms with Crippen LogP contribution in [0.3, 0.4) is 0 Å². The molecular formula is C27H37NO5. The Morgan fingerprint density at radius 2 is 1.85 bits per heavy atom. The summed E-state index contributed by atoms with van der Waals surface area (Å²) in [5.41, 5.74) is 3.48. The maximum Gasteiger partial charge on any atom is 0.311 e. The molecule has 0 radical (unpaired) electrons. The minimum atomic E-state index is -0.564. The molecule has 0 spiro atoms. The number of nitrogens with zero attached hydrogens (tertiary/aromatic N) is 1. The van der Waals surface area contributed by atoms with Gasteiger partial charge in [0, 0.05) is 36.9 Å². The maximum absolute atomic E-state index is 13.1. The second-order valence-corrected chi connectivity index (χ2v) is 10.8. The second kappa shape index (κ2) is 8.31. The van der Waals surface area contributed by atoms with Gasteiger partial charge in [-0.25, -0.2) is 0 Å². The number of carbonyl (C=O) groups excluding carboxylic acids is 1. The van der Waals surface area contributed by atoms with E-state index in [9.17, 15) is 9.90 Å². The minimum absolute atomic E-state index is 0.148. The highest BCUT2D eigenvalue weighted by Gasteiger charge is 2.60. The first kappa shape index (κ1) is 22.7. The first-order valence-corrected chi connectivity index (χ1v) is 12.3. The highest BCUT2D eigenvalue weighted by atomic mass is 16.6. The normalized spacial score (nSPS) is 38.0. The number of benzene rings is 1. The largest absolute Gasteiger partial charge is 0.493 e. The molecular weight excluding hydrogens is 418 g/mol. The highest BCUT2D eigenvalue weighted by molar-refractivity contribution is 5.76. The Kier molecular flexibility index (Phi) is 5.73. The average molecular weight is 456 g/mol. The van der Waals surface area contributed by atoms with E-state index in [1.54, 1.807) is 14.2 Å². The lowest BCUT2D eigenvalue weighted by molar-refractivity contribution is -0.145. The molecule has 1 saturated carbocycles. The van der Waals surface area contributed by atoms with Crippen molar-refractivity contribution < 1.29 is 24.1 Å². The summed E-state index contributed by atoms with van der Waals surface area (Å²) in [5.74, 6) is 1.27. The Labute approximate surface area is 196 Å². The van der Waals surface area contributed by atoms with E-state index in [1.165, 1.54) is 16.7 Å². The standard InChI is InChI=1S/C27H37NO5/c1-15-7-6-8-19-12-23-24(25(29)27(15,19)3)20(26(30)33-23)14-28-13-18-11-22(32-5)21(31-4)10-17(18)9-16(28)2/h8,10-11,15-16,20,23-25,29H,6-7,9,12-14H2,1-5H3/t15-,16?,20?,23+,24+,25-,27+/m0/s1. The summed E-state index contributed by atoms with van der Waals surface area (Å²) in [5, 5.41) is 11.6. The lowest BCUT2D eigenvalue weighted by Gasteiger charge is -2.52. The van der Waals surface area contributed by atoms with Crippen molar-refractivity contribution in [2.75, 3.05) is 20.8 Å². The van der Waals surface area contributed by atoms with Crippen LogP contribution in [-0.4, -0.2) is 55.0 Å². The molecule has 1 aromatic rings. The van der Waals surface area contributed by atoms with Crippen LogP contribution in [0.5, 0.6) is 11.5 Å². The van der Waals surface area contributed by atoms with Gasteiger partial charge in [0.25, 0.3) is 0 Å². The van der Waals surface area contributed by atoms with Crippen LogP contribution in [0.1, 0.15) is 51.2 Å². The van der Waals surface area contributed by atoms with E-state index >= 15 is 0 Å². The third-order valence-corrected chi connectivity index (χ3v) is 9.22. The molecule has 1 N–H and O–H groups in total. The number of hydrogen-bond donors (Lipinski definition) is 1. The number of allylic oxidation sites excluding steroid dienone is 1. The predicted octanol–water partition coefficient (Wildman–Crippen LogP) is 3.74. The lowest BCUT2D eigenvalue weighted by atomic mass is 9.55. The molecule has 4 aliphatic rings. The lowest BCUT2D eigenvalue weighted by Crippen LogP contribution is -2.55. The minimum Gasteiger partial charge on any atom is -0.493 e. The zero-order valence-electron chi connectivity index (χ0n) is 20.5. The Morgan fingerprint density at radius 1 is 1.15 bits per heavy atom. The molecule has 2 aliphatic heterocycles. The number of hydrogen-bond acceptors (Lipinski definition) is 6. The maximum atomic E-state index is 13.1. The Hall–Kier alpha value is -2.05. The van der Waals surface area contributed by atoms with E-state index in [0.717, 1.165) is 43.7 Å². The van der Waals surface area contributed by atoms with E-state index in [1.807, 2.05) is 0 Å². The van der Waals surface area contributed by atoms with Gasteiger partial charge in [-0.05, 0) is 55.4 Å². The SMILES string of the molecule is COc1cc2c(cc1OC)CN(CC1C(=O)O[C@@H]3CC4=CCC[C@H](C)[C@@]4(C)[C@@H](O)[C@H]13)C(C)C2. The van der Waals surface area contributed by atoms with Crippen molar-refractivity contribution in [3.05, 3.63) is 34.9 Å². The van der Waals surface area contributed by atoms with Crippen LogP contribution in [0.4, 0.5) is 0 Å². The van der Waals surface area contributed by atoms with E-state index in [2.05, 4.69) is 43.9 Å². The molecule has 2 unspecified atom stereocenters. The monoisotopic (exact) mass is 455 g/mol. The van der Waals surface area contributed by atoms with Gasteiger partial charge in [-0.3, -0.25) is 9.69 Å². The highest BCUT2D eigenvalue weighted by Crippen LogP contribution is 2.56. The number of methoxy groups -OCH3 is 2. The molecule has 5 rings (SSSR count). The van der Waals surface area contributed by atoms with Crippen LogP contribution in [0.2, 0.25) is 0 Å². The van der Waals surface area contributed by atoms with Crippen molar-refractivity contribution >= 4 is 5.97 Å². The van der Waals surface area contributed by atoms with Gasteiger partial charge in [0.1, 0.15) is 6.10 Å². The van der Waals surface area contributed by atoms with Crippen LogP contribution in [0.15, 0.2) is 23.8 Å². The van der Waals surface area contributed by atoms with E-state index in [0.29, 0.717) is 12.5 Å². The number of fused-ring (bicyclic) bond motifs is 3. The van der Waals surface area contributed by atoms with Crippen LogP contribution >= 0.6 is 0 Å². The fourth-order valence-corrected chi connectivity index (χ4v) is 6.89. The smallest absolute Gasteiger partial charge is 0.311 e. The molecule has 6 nitrogen and oxygen atoms in total. The molecule has 6 heteroatoms. The summed E-state index contributed by atoms with van der Waals surface area (Å²) in [6.45, 7) is 8.00. The number of aliphatic hydroxyl groups excluding tert-OH is 1. The Bertz CT molecular complexity index is 974. The van der Waals surface area contributed by atoms with Crippen molar-refractivity contribution in [1.82, 2.24) is 4.90 Å². The fraction of sp³-hybridized carbons (Fsp3) is 0.667. The number of aliphatic hydroxyl groups is 1. The van der Waals surface area contributed by atoms with Gasteiger partial charge in [-0.1, -0.05) is 25.5 Å². The molecule has 2 heterocycles. The zero-order chi connectivity index (χ0) is 23.5. The van der Waals surface area contributed by atoms with Gasteiger partial charge in [0.2, 0.25) is 0 Å². The summed E-state index contributed by atoms with van der Waals surface area (Å²) >= 11 is 0. The Morgan fingerprint density at radius 3 is 2.55 bits per heavy atom. The van der Waals surface area contributed by atoms with Crippen molar-refractivity contribution in [1.29, 1.82) is 0 Å². The molecule has 0 aromatic heterocycles. The quantitative estimate of drug-likeness (QED) is 0.551. The first-order valence-electron chi connectivity index (χ1n) is 12.3. The Balaban J connectivity index is 1.40. The van der Waals surface area contributed by atoms with Crippen LogP contribution in [0, 0.1) is 23.2 Å². The van der Waals surface area contributed by atoms with Gasteiger partial charge >= 0.3 is 5.97 Å². The van der Waals surface area contributed by atoms with Crippen molar-refractivity contribution in [3.63, 3.8) is 0 Å². The molecule has 2 fully saturated rings. The molecule has 33 heavy (non-hydrogen) atoms. The zero-order valence-corrected chi connectivity index (χ0v) is 20.5. The summed E-state index contributed by atoms with van der Waals surface area (Å²) in [7, 11) is 3.32. The van der Waals surface area contributed by atoms with Crippen molar-refractivity contribution in [2.24, 2.45) is 23.2 Å². The predicted molar refractivity (Wildman–Crippen MR) is 125 cm³/mol. The number of rotatable bonds is 4. The number of carbonyl (C=O) groups is 1. The van der Waals surface area contributed by atoms with E-state index in [4.69, 9.17) is 14.2 Å². The van der Waals surface area contributed by atoms with Crippen molar-refractivity contribution in [2.45, 2.75) is 71.2 Å². The molecule has 180 valence electrons. The molecule has 2 aliphatic carbocycles. The summed E-state index contributed by atoms with van der Waals surface area (Å²) in [6.07, 6.45) is 5.29. The average Bonchev–Trinajstić information content (AvgIpc) is 3.10. The fourth-order valence-electron chi connectivity index (χ4n) is 6.89. The summed E-state index contributed by atoms with van der Waals surface area (Å²) in [6, 6.07) is 4.41. The van der Waals surface area contributed by atoms with Gasteiger partial charge in [0.05, 0.1) is 26.2 Å². The third kappa shape index (κ3) is 3.48. The summed E-state index contributed by atoms with van der Waals surface area (Å²) in [4.78, 5) is 15.4.